The highest BCUT2D eigenvalue weighted by Gasteiger charge is 1.99. The molecule has 1 aromatic rings. The van der Waals surface area contributed by atoms with Gasteiger partial charge in [-0.25, -0.2) is 0 Å². The maximum Gasteiger partial charge on any atom is 0.0661 e. The van der Waals surface area contributed by atoms with Gasteiger partial charge in [-0.15, -0.1) is 24.0 Å². The molecule has 78 valence electrons. The Balaban J connectivity index is 0.000000531. The highest BCUT2D eigenvalue weighted by Crippen LogP contribution is 2.04. The zero-order chi connectivity index (χ0) is 9.68. The molecular formula is C12H18IN. The van der Waals surface area contributed by atoms with E-state index in [1.165, 1.54) is 5.22 Å². The molecule has 1 aromatic heterocycles. The van der Waals surface area contributed by atoms with E-state index in [2.05, 4.69) is 30.1 Å². The van der Waals surface area contributed by atoms with Crippen LogP contribution in [0.5, 0.6) is 0 Å². The van der Waals surface area contributed by atoms with Crippen molar-refractivity contribution in [3.05, 3.63) is 28.9 Å². The molecule has 0 saturated heterocycles. The van der Waals surface area contributed by atoms with Crippen molar-refractivity contribution < 1.29 is 0 Å². The fraction of sp³-hybridized carbons (Fsp3) is 0.417. The van der Waals surface area contributed by atoms with Crippen LogP contribution in [0.1, 0.15) is 27.2 Å². The van der Waals surface area contributed by atoms with Crippen LogP contribution in [0.25, 0.3) is 12.2 Å². The average Bonchev–Trinajstić information content (AvgIpc) is 2.21. The Labute approximate surface area is 103 Å². The maximum atomic E-state index is 4.28. The number of fused-ring (bicyclic) bond motifs is 1. The van der Waals surface area contributed by atoms with Crippen LogP contribution in [0.15, 0.2) is 18.3 Å². The highest BCUT2D eigenvalue weighted by molar-refractivity contribution is 14.0. The minimum absolute atomic E-state index is 0. The summed E-state index contributed by atoms with van der Waals surface area (Å²) >= 11 is 0. The minimum atomic E-state index is 0. The van der Waals surface area contributed by atoms with Crippen LogP contribution in [-0.4, -0.2) is 4.98 Å². The second-order valence-electron chi connectivity index (χ2n) is 3.06. The van der Waals surface area contributed by atoms with Crippen molar-refractivity contribution in [2.45, 2.75) is 27.2 Å². The second kappa shape index (κ2) is 6.98. The SMILES string of the molecule is CC.CC1C=c2ncccc2=CC1.I. The summed E-state index contributed by atoms with van der Waals surface area (Å²) in [6.45, 7) is 6.22. The Bertz CT molecular complexity index is 370. The molecule has 1 atom stereocenters. The van der Waals surface area contributed by atoms with Crippen LogP contribution < -0.4 is 10.6 Å². The van der Waals surface area contributed by atoms with Crippen molar-refractivity contribution in [2.75, 3.05) is 0 Å². The number of aromatic nitrogens is 1. The van der Waals surface area contributed by atoms with E-state index in [-0.39, 0.29) is 24.0 Å². The molecule has 0 saturated carbocycles. The number of nitrogens with zero attached hydrogens (tertiary/aromatic N) is 1. The lowest BCUT2D eigenvalue weighted by Crippen LogP contribution is -2.30. The molecular weight excluding hydrogens is 285 g/mol. The minimum Gasteiger partial charge on any atom is -0.257 e. The first-order valence-corrected chi connectivity index (χ1v) is 4.99. The number of hydrogen-bond donors (Lipinski definition) is 0. The topological polar surface area (TPSA) is 12.9 Å². The number of rotatable bonds is 0. The van der Waals surface area contributed by atoms with E-state index in [0.717, 1.165) is 11.8 Å². The van der Waals surface area contributed by atoms with E-state index < -0.39 is 0 Å². The number of pyridine rings is 1. The molecule has 0 amide bonds. The monoisotopic (exact) mass is 303 g/mol. The summed E-state index contributed by atoms with van der Waals surface area (Å²) in [6.07, 6.45) is 7.49. The van der Waals surface area contributed by atoms with Crippen molar-refractivity contribution in [1.29, 1.82) is 0 Å². The van der Waals surface area contributed by atoms with Gasteiger partial charge < -0.3 is 0 Å². The van der Waals surface area contributed by atoms with Gasteiger partial charge in [0, 0.05) is 6.20 Å². The standard InChI is InChI=1S/C10H11N.C2H6.HI/c1-8-4-5-9-3-2-6-11-10(9)7-8;1-2;/h2-3,5-8H,4H2,1H3;1-2H3;1H. The first kappa shape index (κ1) is 13.6. The van der Waals surface area contributed by atoms with E-state index in [4.69, 9.17) is 0 Å². The quantitative estimate of drug-likeness (QED) is 0.670. The van der Waals surface area contributed by atoms with Gasteiger partial charge in [0.15, 0.2) is 0 Å². The van der Waals surface area contributed by atoms with Gasteiger partial charge in [-0.3, -0.25) is 4.98 Å². The fourth-order valence-electron chi connectivity index (χ4n) is 1.39. The summed E-state index contributed by atoms with van der Waals surface area (Å²) in [7, 11) is 0. The lowest BCUT2D eigenvalue weighted by atomic mass is 10.0. The normalized spacial score (nSPS) is 17.2. The van der Waals surface area contributed by atoms with E-state index in [1.807, 2.05) is 26.1 Å². The van der Waals surface area contributed by atoms with Gasteiger partial charge in [-0.05, 0) is 23.6 Å². The molecule has 0 N–H and O–H groups in total. The van der Waals surface area contributed by atoms with E-state index in [0.29, 0.717) is 5.92 Å². The third-order valence-corrected chi connectivity index (χ3v) is 2.02. The molecule has 0 aromatic carbocycles. The maximum absolute atomic E-state index is 4.28. The molecule has 0 fully saturated rings. The molecule has 2 heteroatoms. The molecule has 1 nitrogen and oxygen atoms in total. The van der Waals surface area contributed by atoms with E-state index in [9.17, 15) is 0 Å². The largest absolute Gasteiger partial charge is 0.257 e. The van der Waals surface area contributed by atoms with Crippen LogP contribution in [0.2, 0.25) is 0 Å². The summed E-state index contributed by atoms with van der Waals surface area (Å²) in [5, 5.41) is 2.43. The lowest BCUT2D eigenvalue weighted by molar-refractivity contribution is 0.794. The Morgan fingerprint density at radius 2 is 2.07 bits per heavy atom. The summed E-state index contributed by atoms with van der Waals surface area (Å²) in [4.78, 5) is 4.28. The number of halogens is 1. The van der Waals surface area contributed by atoms with Crippen LogP contribution in [0.4, 0.5) is 0 Å². The Hall–Kier alpha value is -0.380. The van der Waals surface area contributed by atoms with Crippen LogP contribution >= 0.6 is 24.0 Å². The first-order valence-electron chi connectivity index (χ1n) is 4.99. The average molecular weight is 303 g/mol. The zero-order valence-corrected chi connectivity index (χ0v) is 11.4. The van der Waals surface area contributed by atoms with Crippen LogP contribution in [0, 0.1) is 5.92 Å². The second-order valence-corrected chi connectivity index (χ2v) is 3.06. The predicted molar refractivity (Wildman–Crippen MR) is 73.0 cm³/mol. The summed E-state index contributed by atoms with van der Waals surface area (Å²) in [6, 6.07) is 4.10. The van der Waals surface area contributed by atoms with Gasteiger partial charge in [0.2, 0.25) is 0 Å². The fourth-order valence-corrected chi connectivity index (χ4v) is 1.39. The van der Waals surface area contributed by atoms with E-state index >= 15 is 0 Å². The Kier molecular flexibility index (Phi) is 6.79. The van der Waals surface area contributed by atoms with Crippen molar-refractivity contribution >= 4 is 36.1 Å². The van der Waals surface area contributed by atoms with Crippen LogP contribution in [0.3, 0.4) is 0 Å². The predicted octanol–water partition coefficient (Wildman–Crippen LogP) is 2.33. The molecule has 1 aliphatic rings. The smallest absolute Gasteiger partial charge is 0.0661 e. The van der Waals surface area contributed by atoms with E-state index in [1.54, 1.807) is 0 Å². The summed E-state index contributed by atoms with van der Waals surface area (Å²) in [5.74, 6) is 0.650. The summed E-state index contributed by atoms with van der Waals surface area (Å²) < 4.78 is 0. The molecule has 1 unspecified atom stereocenters. The first-order chi connectivity index (χ1) is 6.36. The van der Waals surface area contributed by atoms with Gasteiger partial charge in [-0.2, -0.15) is 0 Å². The van der Waals surface area contributed by atoms with Crippen molar-refractivity contribution in [2.24, 2.45) is 5.92 Å². The highest BCUT2D eigenvalue weighted by atomic mass is 127. The molecule has 1 aliphatic carbocycles. The summed E-state index contributed by atoms with van der Waals surface area (Å²) in [5.41, 5.74) is 0. The zero-order valence-electron chi connectivity index (χ0n) is 9.03. The van der Waals surface area contributed by atoms with Crippen molar-refractivity contribution in [1.82, 2.24) is 4.98 Å². The van der Waals surface area contributed by atoms with Gasteiger partial charge >= 0.3 is 0 Å². The lowest BCUT2D eigenvalue weighted by Gasteiger charge is -2.05. The third-order valence-electron chi connectivity index (χ3n) is 2.02. The third kappa shape index (κ3) is 3.40. The number of hydrogen-bond acceptors (Lipinski definition) is 1. The molecule has 0 radical (unpaired) electrons. The molecule has 0 bridgehead atoms. The van der Waals surface area contributed by atoms with Crippen molar-refractivity contribution in [3.8, 4) is 0 Å². The molecule has 0 spiro atoms. The van der Waals surface area contributed by atoms with Gasteiger partial charge in [-0.1, -0.05) is 39.0 Å². The molecule has 2 rings (SSSR count). The Morgan fingerprint density at radius 3 is 2.79 bits per heavy atom. The van der Waals surface area contributed by atoms with Gasteiger partial charge in [0.1, 0.15) is 0 Å². The van der Waals surface area contributed by atoms with Gasteiger partial charge in [0.05, 0.1) is 5.35 Å². The Morgan fingerprint density at radius 1 is 1.36 bits per heavy atom. The van der Waals surface area contributed by atoms with Gasteiger partial charge in [0.25, 0.3) is 0 Å². The molecule has 1 heterocycles. The molecule has 0 aliphatic heterocycles. The van der Waals surface area contributed by atoms with Crippen LogP contribution in [-0.2, 0) is 0 Å². The molecule has 14 heavy (non-hydrogen) atoms. The van der Waals surface area contributed by atoms with Crippen molar-refractivity contribution in [3.63, 3.8) is 0 Å².